The fourth-order valence-corrected chi connectivity index (χ4v) is 5.21. The van der Waals surface area contributed by atoms with Gasteiger partial charge in [-0.1, -0.05) is 36.4 Å². The van der Waals surface area contributed by atoms with Crippen LogP contribution in [-0.4, -0.2) is 40.3 Å². The van der Waals surface area contributed by atoms with E-state index >= 15 is 0 Å². The van der Waals surface area contributed by atoms with E-state index in [1.54, 1.807) is 7.05 Å². The van der Waals surface area contributed by atoms with E-state index in [1.807, 2.05) is 55.5 Å². The minimum absolute atomic E-state index is 0. The molecule has 1 aliphatic heterocycles. The number of guanidine groups is 1. The molecular weight excluding hydrogens is 527 g/mol. The molecule has 2 N–H and O–H groups in total. The number of nitrogens with one attached hydrogen (secondary N) is 2. The van der Waals surface area contributed by atoms with Gasteiger partial charge in [-0.3, -0.25) is 9.30 Å². The van der Waals surface area contributed by atoms with Gasteiger partial charge in [0.25, 0.3) is 0 Å². The summed E-state index contributed by atoms with van der Waals surface area (Å²) in [7, 11) is -1.74. The second-order valence-electron chi connectivity index (χ2n) is 7.27. The highest BCUT2D eigenvalue weighted by atomic mass is 127. The maximum absolute atomic E-state index is 12.8. The van der Waals surface area contributed by atoms with Crippen molar-refractivity contribution < 1.29 is 12.8 Å². The summed E-state index contributed by atoms with van der Waals surface area (Å²) in [6.45, 7) is 3.26. The highest BCUT2D eigenvalue weighted by molar-refractivity contribution is 14.0. The highest BCUT2D eigenvalue weighted by Gasteiger charge is 2.28. The van der Waals surface area contributed by atoms with Crippen molar-refractivity contribution in [1.82, 2.24) is 10.6 Å². The minimum Gasteiger partial charge on any atom is -0.459 e. The summed E-state index contributed by atoms with van der Waals surface area (Å²) in [6, 6.07) is 15.6. The lowest BCUT2D eigenvalue weighted by atomic mass is 10.1. The lowest BCUT2D eigenvalue weighted by molar-refractivity contribution is 0.534. The van der Waals surface area contributed by atoms with Crippen molar-refractivity contribution in [3.8, 4) is 0 Å². The third-order valence-corrected chi connectivity index (χ3v) is 7.19. The molecule has 0 saturated carbocycles. The molecule has 1 aromatic heterocycles. The number of aliphatic imine (C=N–C) groups is 1. The SMILES string of the molecule is CN=C(NCCS(=O)(=O)N1CCc2ccccc21)NCc1oc2ccccc2c1C.I. The average molecular weight is 554 g/mol. The summed E-state index contributed by atoms with van der Waals surface area (Å²) >= 11 is 0. The molecule has 3 aromatic rings. The van der Waals surface area contributed by atoms with Gasteiger partial charge in [-0.2, -0.15) is 0 Å². The second kappa shape index (κ2) is 9.90. The molecule has 0 spiro atoms. The van der Waals surface area contributed by atoms with E-state index in [0.717, 1.165) is 40.0 Å². The molecule has 166 valence electrons. The Labute approximate surface area is 200 Å². The van der Waals surface area contributed by atoms with Crippen LogP contribution >= 0.6 is 24.0 Å². The van der Waals surface area contributed by atoms with Crippen molar-refractivity contribution >= 4 is 56.6 Å². The highest BCUT2D eigenvalue weighted by Crippen LogP contribution is 2.29. The third-order valence-electron chi connectivity index (χ3n) is 5.42. The minimum atomic E-state index is -3.40. The molecule has 0 atom stereocenters. The molecule has 1 aliphatic rings. The zero-order chi connectivity index (χ0) is 21.1. The van der Waals surface area contributed by atoms with Gasteiger partial charge in [0.2, 0.25) is 10.0 Å². The van der Waals surface area contributed by atoms with Crippen molar-refractivity contribution in [2.75, 3.05) is 30.2 Å². The van der Waals surface area contributed by atoms with Crippen LogP contribution in [0.3, 0.4) is 0 Å². The van der Waals surface area contributed by atoms with Gasteiger partial charge in [-0.15, -0.1) is 24.0 Å². The molecule has 4 rings (SSSR count). The number of nitrogens with zero attached hydrogens (tertiary/aromatic N) is 2. The Balaban J connectivity index is 0.00000272. The van der Waals surface area contributed by atoms with Gasteiger partial charge in [0.1, 0.15) is 11.3 Å². The van der Waals surface area contributed by atoms with Crippen LogP contribution in [0.2, 0.25) is 0 Å². The molecule has 9 heteroatoms. The summed E-state index contributed by atoms with van der Waals surface area (Å²) < 4.78 is 33.0. The number of aryl methyl sites for hydroxylation is 1. The molecule has 0 unspecified atom stereocenters. The molecule has 0 bridgehead atoms. The van der Waals surface area contributed by atoms with Gasteiger partial charge in [-0.25, -0.2) is 8.42 Å². The standard InChI is InChI=1S/C22H26N4O3S.HI/c1-16-18-8-4-6-10-20(18)29-21(16)15-25-22(23-2)24-12-14-30(27,28)26-13-11-17-7-3-5-9-19(17)26;/h3-10H,11-15H2,1-2H3,(H2,23,24,25);1H. The topological polar surface area (TPSA) is 86.9 Å². The van der Waals surface area contributed by atoms with E-state index in [1.165, 1.54) is 4.31 Å². The molecule has 2 heterocycles. The molecule has 0 saturated heterocycles. The number of hydrogen-bond donors (Lipinski definition) is 2. The summed E-state index contributed by atoms with van der Waals surface area (Å²) in [5, 5.41) is 7.38. The summed E-state index contributed by atoms with van der Waals surface area (Å²) in [5.74, 6) is 1.36. The maximum atomic E-state index is 12.8. The summed E-state index contributed by atoms with van der Waals surface area (Å²) in [6.07, 6.45) is 0.753. The zero-order valence-electron chi connectivity index (χ0n) is 17.6. The Morgan fingerprint density at radius 3 is 2.65 bits per heavy atom. The van der Waals surface area contributed by atoms with E-state index < -0.39 is 10.0 Å². The van der Waals surface area contributed by atoms with Gasteiger partial charge < -0.3 is 15.1 Å². The van der Waals surface area contributed by atoms with Gasteiger partial charge in [0.05, 0.1) is 18.0 Å². The molecule has 0 radical (unpaired) electrons. The fourth-order valence-electron chi connectivity index (χ4n) is 3.78. The predicted octanol–water partition coefficient (Wildman–Crippen LogP) is 3.42. The number of rotatable bonds is 6. The molecular formula is C22H27IN4O3S. The monoisotopic (exact) mass is 554 g/mol. The van der Waals surface area contributed by atoms with Crippen molar-refractivity contribution in [2.24, 2.45) is 4.99 Å². The Bertz CT molecular complexity index is 1190. The number of fused-ring (bicyclic) bond motifs is 2. The molecule has 7 nitrogen and oxygen atoms in total. The Kier molecular flexibility index (Phi) is 7.47. The lowest BCUT2D eigenvalue weighted by Gasteiger charge is -2.20. The van der Waals surface area contributed by atoms with Crippen LogP contribution in [0, 0.1) is 6.92 Å². The van der Waals surface area contributed by atoms with Crippen LogP contribution in [0.1, 0.15) is 16.9 Å². The number of halogens is 1. The van der Waals surface area contributed by atoms with E-state index in [4.69, 9.17) is 4.42 Å². The molecule has 0 fully saturated rings. The number of anilines is 1. The van der Waals surface area contributed by atoms with Crippen LogP contribution in [0.15, 0.2) is 57.9 Å². The first kappa shape index (κ1) is 23.4. The summed E-state index contributed by atoms with van der Waals surface area (Å²) in [5.41, 5.74) is 3.81. The number of sulfonamides is 1. The predicted molar refractivity (Wildman–Crippen MR) is 136 cm³/mol. The van der Waals surface area contributed by atoms with E-state index in [-0.39, 0.29) is 36.3 Å². The van der Waals surface area contributed by atoms with Gasteiger partial charge in [0.15, 0.2) is 5.96 Å². The fraction of sp³-hybridized carbons (Fsp3) is 0.318. The number of hydrogen-bond acceptors (Lipinski definition) is 4. The largest absolute Gasteiger partial charge is 0.459 e. The molecule has 2 aromatic carbocycles. The average Bonchev–Trinajstić information content (AvgIpc) is 3.33. The maximum Gasteiger partial charge on any atom is 0.236 e. The van der Waals surface area contributed by atoms with E-state index in [9.17, 15) is 8.42 Å². The van der Waals surface area contributed by atoms with Gasteiger partial charge >= 0.3 is 0 Å². The number of para-hydroxylation sites is 2. The Morgan fingerprint density at radius 1 is 1.13 bits per heavy atom. The van der Waals surface area contributed by atoms with Crippen molar-refractivity contribution in [3.63, 3.8) is 0 Å². The smallest absolute Gasteiger partial charge is 0.236 e. The summed E-state index contributed by atoms with van der Waals surface area (Å²) in [4.78, 5) is 4.18. The quantitative estimate of drug-likeness (QED) is 0.277. The van der Waals surface area contributed by atoms with Crippen LogP contribution in [-0.2, 0) is 23.0 Å². The van der Waals surface area contributed by atoms with Gasteiger partial charge in [0, 0.05) is 31.1 Å². The van der Waals surface area contributed by atoms with E-state index in [2.05, 4.69) is 15.6 Å². The van der Waals surface area contributed by atoms with Crippen LogP contribution in [0.4, 0.5) is 5.69 Å². The number of benzene rings is 2. The first-order chi connectivity index (χ1) is 14.5. The van der Waals surface area contributed by atoms with E-state index in [0.29, 0.717) is 19.0 Å². The lowest BCUT2D eigenvalue weighted by Crippen LogP contribution is -2.41. The van der Waals surface area contributed by atoms with Crippen LogP contribution < -0.4 is 14.9 Å². The van der Waals surface area contributed by atoms with Crippen LogP contribution in [0.5, 0.6) is 0 Å². The zero-order valence-corrected chi connectivity index (χ0v) is 20.7. The van der Waals surface area contributed by atoms with Crippen LogP contribution in [0.25, 0.3) is 11.0 Å². The first-order valence-corrected chi connectivity index (χ1v) is 11.6. The number of furan rings is 1. The first-order valence-electron chi connectivity index (χ1n) is 9.99. The molecule has 0 aliphatic carbocycles. The van der Waals surface area contributed by atoms with Crippen molar-refractivity contribution in [2.45, 2.75) is 19.9 Å². The van der Waals surface area contributed by atoms with Gasteiger partial charge in [-0.05, 0) is 31.0 Å². The normalized spacial score (nSPS) is 13.7. The second-order valence-corrected chi connectivity index (χ2v) is 9.28. The molecule has 0 amide bonds. The third kappa shape index (κ3) is 4.98. The Hall–Kier alpha value is -2.27. The van der Waals surface area contributed by atoms with Crippen molar-refractivity contribution in [3.05, 3.63) is 65.4 Å². The Morgan fingerprint density at radius 2 is 1.87 bits per heavy atom. The molecule has 31 heavy (non-hydrogen) atoms. The van der Waals surface area contributed by atoms with Crippen molar-refractivity contribution in [1.29, 1.82) is 0 Å².